The number of hydrogen-bond donors (Lipinski definition) is 3. The van der Waals surface area contributed by atoms with Gasteiger partial charge in [-0.15, -0.1) is 0 Å². The van der Waals surface area contributed by atoms with Crippen LogP contribution < -0.4 is 0 Å². The third kappa shape index (κ3) is 79.3. The van der Waals surface area contributed by atoms with E-state index in [1.54, 1.807) is 0 Å². The first-order valence-corrected chi connectivity index (χ1v) is 45.4. The number of phosphoric acid groups is 2. The number of rotatable bonds is 79. The molecule has 0 aliphatic heterocycles. The predicted octanol–water partition coefficient (Wildman–Crippen LogP) is 25.2. The van der Waals surface area contributed by atoms with Gasteiger partial charge in [0.1, 0.15) is 19.3 Å². The van der Waals surface area contributed by atoms with Gasteiger partial charge in [-0.25, -0.2) is 9.13 Å². The summed E-state index contributed by atoms with van der Waals surface area (Å²) in [6.45, 7) is 4.60. The SMILES string of the molecule is CC/C=C\C/C=C\C/C=C\C/C=C\CCCCCCC(=O)OCC(COP(=O)(O)OCC(O)COP(=O)(O)OCC(COC(=O)CCCCCCCC/C=C\C/C=C\C/C=C\CCCCC)OC(=O)CCCCCCCCC/C=C\C/C=C\C/C=C\CC)OC(=O)CCCCCCC/C=C\CCCCCCCC. The Balaban J connectivity index is 5.41. The van der Waals surface area contributed by atoms with E-state index < -0.39 is 97.5 Å². The molecule has 0 aliphatic rings. The van der Waals surface area contributed by atoms with Crippen LogP contribution in [0.1, 0.15) is 349 Å². The fourth-order valence-electron chi connectivity index (χ4n) is 11.2. The van der Waals surface area contributed by atoms with Crippen LogP contribution in [0.3, 0.4) is 0 Å². The number of phosphoric ester groups is 2. The summed E-state index contributed by atoms with van der Waals surface area (Å²) in [5, 5.41) is 10.7. The molecular weight excluding hydrogens is 1400 g/mol. The molecule has 0 saturated carbocycles. The Bertz CT molecular complexity index is 2560. The molecule has 5 atom stereocenters. The normalized spacial score (nSPS) is 14.5. The number of allylic oxidation sites excluding steroid dienone is 22. The van der Waals surface area contributed by atoms with Crippen LogP contribution in [0.4, 0.5) is 0 Å². The van der Waals surface area contributed by atoms with Crippen molar-refractivity contribution in [2.24, 2.45) is 0 Å². The fourth-order valence-corrected chi connectivity index (χ4v) is 12.7. The Hall–Kier alpha value is -4.80. The highest BCUT2D eigenvalue weighted by atomic mass is 31.2. The van der Waals surface area contributed by atoms with Crippen LogP contribution in [0.25, 0.3) is 0 Å². The lowest BCUT2D eigenvalue weighted by molar-refractivity contribution is -0.161. The molecule has 0 bridgehead atoms. The number of hydrogen-bond acceptors (Lipinski definition) is 15. The number of aliphatic hydroxyl groups excluding tert-OH is 1. The second-order valence-electron chi connectivity index (χ2n) is 28.0. The van der Waals surface area contributed by atoms with E-state index in [4.69, 9.17) is 37.0 Å². The summed E-state index contributed by atoms with van der Waals surface area (Å²) >= 11 is 0. The van der Waals surface area contributed by atoms with Crippen LogP contribution in [0.5, 0.6) is 0 Å². The molecule has 108 heavy (non-hydrogen) atoms. The maximum Gasteiger partial charge on any atom is 0.472 e. The highest BCUT2D eigenvalue weighted by molar-refractivity contribution is 7.47. The van der Waals surface area contributed by atoms with Crippen molar-refractivity contribution in [2.45, 2.75) is 367 Å². The van der Waals surface area contributed by atoms with Crippen LogP contribution in [0, 0.1) is 0 Å². The molecule has 0 saturated heterocycles. The van der Waals surface area contributed by atoms with Crippen LogP contribution in [0.2, 0.25) is 0 Å². The Morgan fingerprint density at radius 1 is 0.269 bits per heavy atom. The number of aliphatic hydroxyl groups is 1. The summed E-state index contributed by atoms with van der Waals surface area (Å²) in [4.78, 5) is 73.2. The van der Waals surface area contributed by atoms with Crippen molar-refractivity contribution < 1.29 is 80.2 Å². The molecule has 5 unspecified atom stereocenters. The number of esters is 4. The van der Waals surface area contributed by atoms with Crippen LogP contribution in [0.15, 0.2) is 134 Å². The first kappa shape index (κ1) is 103. The highest BCUT2D eigenvalue weighted by Crippen LogP contribution is 2.45. The first-order chi connectivity index (χ1) is 52.7. The maximum absolute atomic E-state index is 13.1. The van der Waals surface area contributed by atoms with Gasteiger partial charge in [0.25, 0.3) is 0 Å². The zero-order valence-electron chi connectivity index (χ0n) is 68.0. The highest BCUT2D eigenvalue weighted by Gasteiger charge is 2.30. The third-order valence-corrected chi connectivity index (χ3v) is 19.5. The van der Waals surface area contributed by atoms with Crippen molar-refractivity contribution >= 4 is 39.5 Å². The predicted molar refractivity (Wildman–Crippen MR) is 445 cm³/mol. The van der Waals surface area contributed by atoms with E-state index in [2.05, 4.69) is 161 Å². The zero-order chi connectivity index (χ0) is 78.9. The van der Waals surface area contributed by atoms with Crippen molar-refractivity contribution in [2.75, 3.05) is 39.6 Å². The van der Waals surface area contributed by atoms with Gasteiger partial charge >= 0.3 is 39.5 Å². The van der Waals surface area contributed by atoms with Gasteiger partial charge in [-0.05, 0) is 161 Å². The van der Waals surface area contributed by atoms with Crippen molar-refractivity contribution in [3.05, 3.63) is 134 Å². The molecule has 0 spiro atoms. The number of unbranched alkanes of at least 4 members (excludes halogenated alkanes) is 31. The summed E-state index contributed by atoms with van der Waals surface area (Å²) in [7, 11) is -9.98. The molecular formula is C89H152O17P2. The van der Waals surface area contributed by atoms with E-state index in [1.807, 2.05) is 0 Å². The lowest BCUT2D eigenvalue weighted by Crippen LogP contribution is -2.30. The second kappa shape index (κ2) is 80.3. The molecule has 3 N–H and O–H groups in total. The summed E-state index contributed by atoms with van der Waals surface area (Å²) in [6, 6.07) is 0. The van der Waals surface area contributed by atoms with E-state index in [9.17, 15) is 43.2 Å². The molecule has 0 aromatic carbocycles. The van der Waals surface area contributed by atoms with E-state index in [-0.39, 0.29) is 25.7 Å². The van der Waals surface area contributed by atoms with E-state index in [1.165, 1.54) is 57.8 Å². The largest absolute Gasteiger partial charge is 0.472 e. The van der Waals surface area contributed by atoms with Gasteiger partial charge < -0.3 is 33.8 Å². The number of ether oxygens (including phenoxy) is 4. The minimum absolute atomic E-state index is 0.0772. The molecule has 0 aromatic heterocycles. The van der Waals surface area contributed by atoms with Crippen molar-refractivity contribution in [1.82, 2.24) is 0 Å². The Morgan fingerprint density at radius 3 is 0.769 bits per heavy atom. The Kier molecular flexibility index (Phi) is 76.7. The molecule has 19 heteroatoms. The molecule has 0 heterocycles. The smallest absolute Gasteiger partial charge is 0.462 e. The van der Waals surface area contributed by atoms with Crippen molar-refractivity contribution in [1.29, 1.82) is 0 Å². The first-order valence-electron chi connectivity index (χ1n) is 42.4. The third-order valence-electron chi connectivity index (χ3n) is 17.6. The summed E-state index contributed by atoms with van der Waals surface area (Å²) in [5.41, 5.74) is 0. The van der Waals surface area contributed by atoms with Gasteiger partial charge in [0.05, 0.1) is 26.4 Å². The van der Waals surface area contributed by atoms with E-state index in [0.29, 0.717) is 25.7 Å². The Morgan fingerprint density at radius 2 is 0.481 bits per heavy atom. The molecule has 620 valence electrons. The lowest BCUT2D eigenvalue weighted by Gasteiger charge is -2.21. The Labute approximate surface area is 656 Å². The average molecular weight is 1560 g/mol. The van der Waals surface area contributed by atoms with E-state index in [0.717, 1.165) is 212 Å². The zero-order valence-corrected chi connectivity index (χ0v) is 69.8. The number of carbonyl (C=O) groups is 4. The number of carbonyl (C=O) groups excluding carboxylic acids is 4. The van der Waals surface area contributed by atoms with Gasteiger partial charge in [-0.2, -0.15) is 0 Å². The van der Waals surface area contributed by atoms with Crippen molar-refractivity contribution in [3.63, 3.8) is 0 Å². The molecule has 17 nitrogen and oxygen atoms in total. The molecule has 0 aliphatic carbocycles. The van der Waals surface area contributed by atoms with Crippen LogP contribution in [-0.2, 0) is 65.4 Å². The molecule has 0 aromatic rings. The summed E-state index contributed by atoms with van der Waals surface area (Å²) < 4.78 is 68.8. The lowest BCUT2D eigenvalue weighted by atomic mass is 10.1. The summed E-state index contributed by atoms with van der Waals surface area (Å²) in [5.74, 6) is -2.23. The van der Waals surface area contributed by atoms with Gasteiger partial charge in [-0.1, -0.05) is 296 Å². The minimum atomic E-state index is -4.99. The van der Waals surface area contributed by atoms with Gasteiger partial charge in [0.15, 0.2) is 12.2 Å². The van der Waals surface area contributed by atoms with Crippen LogP contribution >= 0.6 is 15.6 Å². The summed E-state index contributed by atoms with van der Waals surface area (Å²) in [6.07, 6.45) is 91.2. The maximum atomic E-state index is 13.1. The molecule has 0 fully saturated rings. The molecule has 0 amide bonds. The topological polar surface area (TPSA) is 237 Å². The fraction of sp³-hybridized carbons (Fsp3) is 0.708. The van der Waals surface area contributed by atoms with Gasteiger partial charge in [0, 0.05) is 25.7 Å². The standard InChI is InChI=1S/C89H152O17P2/c1-5-9-13-17-21-25-29-33-37-40-41-44-47-50-54-58-62-66-70-74-87(92)100-80-85(106-89(94)76-72-68-64-60-56-52-48-43-39-35-31-27-23-19-15-11-7-3)82-104-108(97,98)102-78-83(90)77-101-107(95,96)103-81-84(105-88(93)75-71-67-63-59-55-51-45-36-32-28-24-20-16-12-8-4)79-99-86(91)73-69-65-61-57-53-49-46-42-38-34-30-26-22-18-14-10-6-2/h10-11,14-15,21-23,25-27,33-39,41,44-46,49,83-85,90H,5-9,12-13,16-20,24,28-32,40,42-43,47-48,50-82H2,1-4H3,(H,95,96)(H,97,98)/b14-10-,15-11-,25-21-,26-22-,27-23-,37-33-,38-34-,39-35-,44-41-,45-36-,49-46-. The molecule has 0 rings (SSSR count). The van der Waals surface area contributed by atoms with Crippen molar-refractivity contribution in [3.8, 4) is 0 Å². The average Bonchev–Trinajstić information content (AvgIpc) is 0.906. The van der Waals surface area contributed by atoms with Crippen LogP contribution in [-0.4, -0.2) is 96.7 Å². The minimum Gasteiger partial charge on any atom is -0.462 e. The monoisotopic (exact) mass is 1560 g/mol. The van der Waals surface area contributed by atoms with Gasteiger partial charge in [0.2, 0.25) is 0 Å². The van der Waals surface area contributed by atoms with E-state index >= 15 is 0 Å². The van der Waals surface area contributed by atoms with Gasteiger partial charge in [-0.3, -0.25) is 37.3 Å². The quantitative estimate of drug-likeness (QED) is 0.0169. The second-order valence-corrected chi connectivity index (χ2v) is 30.9. The molecule has 0 radical (unpaired) electrons.